The Morgan fingerprint density at radius 1 is 1.06 bits per heavy atom. The number of hydrogen-bond acceptors (Lipinski definition) is 4. The van der Waals surface area contributed by atoms with Crippen molar-refractivity contribution in [2.24, 2.45) is 0 Å². The largest absolute Gasteiger partial charge is 0.493 e. The van der Waals surface area contributed by atoms with Gasteiger partial charge in [0.25, 0.3) is 11.5 Å². The van der Waals surface area contributed by atoms with Crippen LogP contribution >= 0.6 is 11.6 Å². The third kappa shape index (κ3) is 3.44. The monoisotopic (exact) mass is 501 g/mol. The number of carbonyl (C=O) groups excluding carboxylic acids is 1. The normalized spacial score (nSPS) is 14.8. The van der Waals surface area contributed by atoms with Crippen LogP contribution in [0.2, 0.25) is 5.02 Å². The van der Waals surface area contributed by atoms with Crippen LogP contribution in [0.1, 0.15) is 28.5 Å². The van der Waals surface area contributed by atoms with Crippen molar-refractivity contribution in [2.45, 2.75) is 19.0 Å². The lowest BCUT2D eigenvalue weighted by Crippen LogP contribution is -2.27. The maximum atomic E-state index is 13.1. The Morgan fingerprint density at radius 2 is 1.83 bits per heavy atom. The van der Waals surface area contributed by atoms with Crippen LogP contribution in [0.15, 0.2) is 82.6 Å². The summed E-state index contributed by atoms with van der Waals surface area (Å²) in [5.74, 6) is -0.544. The number of pyridine rings is 1. The Bertz CT molecular complexity index is 1760. The van der Waals surface area contributed by atoms with Crippen LogP contribution in [0.3, 0.4) is 0 Å². The third-order valence-corrected chi connectivity index (χ3v) is 6.85. The molecule has 1 amide bonds. The first-order valence-corrected chi connectivity index (χ1v) is 11.7. The van der Waals surface area contributed by atoms with Crippen molar-refractivity contribution in [3.8, 4) is 17.3 Å². The van der Waals surface area contributed by atoms with Crippen LogP contribution in [0.5, 0.6) is 5.88 Å². The molecule has 0 fully saturated rings. The van der Waals surface area contributed by atoms with Crippen LogP contribution in [0.4, 0.5) is 0 Å². The van der Waals surface area contributed by atoms with E-state index in [4.69, 9.17) is 11.6 Å². The molecule has 0 radical (unpaired) electrons. The molecule has 1 aliphatic rings. The lowest BCUT2D eigenvalue weighted by molar-refractivity contribution is 0.0936. The van der Waals surface area contributed by atoms with Gasteiger partial charge in [-0.1, -0.05) is 23.7 Å². The molecule has 4 heterocycles. The fraction of sp³-hybridized carbons (Fsp3) is 0.115. The van der Waals surface area contributed by atoms with Gasteiger partial charge in [-0.2, -0.15) is 0 Å². The summed E-state index contributed by atoms with van der Waals surface area (Å²) in [7, 11) is 0. The van der Waals surface area contributed by atoms with Crippen molar-refractivity contribution in [3.63, 3.8) is 0 Å². The molecule has 9 nitrogen and oxygen atoms in total. The van der Waals surface area contributed by atoms with Crippen molar-refractivity contribution in [3.05, 3.63) is 110 Å². The summed E-state index contributed by atoms with van der Waals surface area (Å²) in [4.78, 5) is 41.2. The highest BCUT2D eigenvalue weighted by atomic mass is 35.5. The van der Waals surface area contributed by atoms with Gasteiger partial charge in [0.2, 0.25) is 5.88 Å². The number of H-pyrrole nitrogens is 1. The van der Waals surface area contributed by atoms with Crippen molar-refractivity contribution >= 4 is 28.4 Å². The second kappa shape index (κ2) is 8.31. The molecule has 10 heteroatoms. The van der Waals surface area contributed by atoms with Gasteiger partial charge in [-0.15, -0.1) is 0 Å². The van der Waals surface area contributed by atoms with Gasteiger partial charge in [-0.05, 0) is 48.9 Å². The van der Waals surface area contributed by atoms with Gasteiger partial charge in [-0.25, -0.2) is 9.36 Å². The minimum atomic E-state index is -0.531. The molecular formula is C26H20ClN5O4. The van der Waals surface area contributed by atoms with Gasteiger partial charge in [0, 0.05) is 47.2 Å². The van der Waals surface area contributed by atoms with E-state index in [-0.39, 0.29) is 17.3 Å². The van der Waals surface area contributed by atoms with E-state index in [0.29, 0.717) is 40.6 Å². The Hall–Kier alpha value is -4.50. The molecule has 0 spiro atoms. The number of hydrogen-bond donors (Lipinski definition) is 3. The van der Waals surface area contributed by atoms with Crippen molar-refractivity contribution in [1.29, 1.82) is 0 Å². The van der Waals surface area contributed by atoms with Gasteiger partial charge in [0.05, 0.1) is 16.8 Å². The number of aromatic amines is 1. The molecule has 2 aromatic carbocycles. The Balaban J connectivity index is 1.30. The number of halogens is 1. The fourth-order valence-electron chi connectivity index (χ4n) is 4.75. The molecule has 0 saturated carbocycles. The molecule has 1 aliphatic heterocycles. The summed E-state index contributed by atoms with van der Waals surface area (Å²) in [5.41, 5.74) is 2.05. The number of benzene rings is 2. The van der Waals surface area contributed by atoms with Crippen LogP contribution in [0, 0.1) is 0 Å². The molecule has 5 aromatic rings. The zero-order valence-electron chi connectivity index (χ0n) is 18.8. The zero-order valence-corrected chi connectivity index (χ0v) is 19.6. The summed E-state index contributed by atoms with van der Waals surface area (Å²) < 4.78 is 4.16. The quantitative estimate of drug-likeness (QED) is 0.349. The number of carbonyl (C=O) groups is 1. The highest BCUT2D eigenvalue weighted by Crippen LogP contribution is 2.34. The minimum Gasteiger partial charge on any atom is -0.493 e. The SMILES string of the molecule is O=C(N[C@@H]1CCn2c1c(O)n(-c1ccc(-n3ccccc3=O)cc1)c2=O)c1ccc2c(Cl)c[nH]c2c1. The molecule has 0 aliphatic carbocycles. The van der Waals surface area contributed by atoms with Crippen molar-refractivity contribution < 1.29 is 9.90 Å². The number of nitrogens with zero attached hydrogens (tertiary/aromatic N) is 3. The van der Waals surface area contributed by atoms with E-state index in [9.17, 15) is 19.5 Å². The van der Waals surface area contributed by atoms with Crippen LogP contribution < -0.4 is 16.6 Å². The lowest BCUT2D eigenvalue weighted by Gasteiger charge is -2.14. The molecule has 0 unspecified atom stereocenters. The Morgan fingerprint density at radius 3 is 2.61 bits per heavy atom. The second-order valence-electron chi connectivity index (χ2n) is 8.62. The summed E-state index contributed by atoms with van der Waals surface area (Å²) in [6.07, 6.45) is 3.80. The smallest absolute Gasteiger partial charge is 0.335 e. The number of fused-ring (bicyclic) bond motifs is 2. The molecule has 180 valence electrons. The molecule has 6 rings (SSSR count). The molecular weight excluding hydrogens is 482 g/mol. The molecule has 3 N–H and O–H groups in total. The highest BCUT2D eigenvalue weighted by Gasteiger charge is 2.33. The number of imidazole rings is 1. The summed E-state index contributed by atoms with van der Waals surface area (Å²) in [6.45, 7) is 0.364. The van der Waals surface area contributed by atoms with E-state index < -0.39 is 11.7 Å². The topological polar surface area (TPSA) is 114 Å². The van der Waals surface area contributed by atoms with Gasteiger partial charge in [0.1, 0.15) is 5.69 Å². The van der Waals surface area contributed by atoms with Crippen molar-refractivity contribution in [1.82, 2.24) is 24.0 Å². The highest BCUT2D eigenvalue weighted by molar-refractivity contribution is 6.35. The van der Waals surface area contributed by atoms with Crippen LogP contribution in [-0.4, -0.2) is 29.7 Å². The van der Waals surface area contributed by atoms with E-state index >= 15 is 0 Å². The molecule has 0 bridgehead atoms. The predicted molar refractivity (Wildman–Crippen MR) is 135 cm³/mol. The van der Waals surface area contributed by atoms with Crippen LogP contribution in [0.25, 0.3) is 22.3 Å². The van der Waals surface area contributed by atoms with E-state index in [1.165, 1.54) is 19.8 Å². The standard InChI is InChI=1S/C26H20ClN5O4/c27-19-14-28-21-13-15(4-9-18(19)21)24(34)29-20-10-12-31-23(20)25(35)32(26(31)36)17-7-5-16(6-8-17)30-11-2-1-3-22(30)33/h1-9,11,13-14,20,28,35H,10,12H2,(H,29,34)/t20-/m1/s1. The zero-order chi connectivity index (χ0) is 25.0. The molecule has 36 heavy (non-hydrogen) atoms. The number of nitrogens with one attached hydrogen (secondary N) is 2. The summed E-state index contributed by atoms with van der Waals surface area (Å²) in [5, 5.41) is 15.4. The first kappa shape index (κ1) is 22.0. The fourth-order valence-corrected chi connectivity index (χ4v) is 4.97. The number of aromatic hydroxyl groups is 1. The summed E-state index contributed by atoms with van der Waals surface area (Å²) >= 11 is 6.12. The number of rotatable bonds is 4. The van der Waals surface area contributed by atoms with Gasteiger partial charge in [0.15, 0.2) is 0 Å². The average Bonchev–Trinajstić information content (AvgIpc) is 3.54. The molecule has 0 saturated heterocycles. The number of amides is 1. The summed E-state index contributed by atoms with van der Waals surface area (Å²) in [6, 6.07) is 16.2. The first-order valence-electron chi connectivity index (χ1n) is 11.3. The minimum absolute atomic E-state index is 0.176. The first-order chi connectivity index (χ1) is 17.4. The van der Waals surface area contributed by atoms with Crippen molar-refractivity contribution in [2.75, 3.05) is 0 Å². The Labute approximate surface area is 208 Å². The maximum Gasteiger partial charge on any atom is 0.335 e. The number of aromatic nitrogens is 4. The third-order valence-electron chi connectivity index (χ3n) is 6.53. The van der Waals surface area contributed by atoms with Gasteiger partial charge in [-0.3, -0.25) is 18.7 Å². The molecule has 3 aromatic heterocycles. The predicted octanol–water partition coefficient (Wildman–Crippen LogP) is 3.51. The van der Waals surface area contributed by atoms with Crippen LogP contribution in [-0.2, 0) is 6.54 Å². The van der Waals surface area contributed by atoms with Gasteiger partial charge >= 0.3 is 5.69 Å². The Kier molecular flexibility index (Phi) is 5.08. The maximum absolute atomic E-state index is 13.1. The molecule has 1 atom stereocenters. The lowest BCUT2D eigenvalue weighted by atomic mass is 10.1. The van der Waals surface area contributed by atoms with E-state index in [0.717, 1.165) is 10.9 Å². The van der Waals surface area contributed by atoms with E-state index in [1.807, 2.05) is 0 Å². The van der Waals surface area contributed by atoms with E-state index in [1.54, 1.807) is 67.0 Å². The second-order valence-corrected chi connectivity index (χ2v) is 9.02. The van der Waals surface area contributed by atoms with Gasteiger partial charge < -0.3 is 15.4 Å². The average molecular weight is 502 g/mol. The van der Waals surface area contributed by atoms with E-state index in [2.05, 4.69) is 10.3 Å².